The van der Waals surface area contributed by atoms with E-state index in [1.54, 1.807) is 0 Å². The normalized spacial score (nSPS) is 14.0. The molecule has 1 aliphatic rings. The van der Waals surface area contributed by atoms with Gasteiger partial charge in [-0.15, -0.1) is 0 Å². The molecule has 0 atom stereocenters. The second kappa shape index (κ2) is 15.5. The number of esters is 2. The predicted octanol–water partition coefficient (Wildman–Crippen LogP) is 5.88. The highest BCUT2D eigenvalue weighted by Crippen LogP contribution is 2.26. The number of ether oxygens (including phenoxy) is 2. The minimum Gasteiger partial charge on any atom is -0.422 e. The molecule has 0 spiro atoms. The van der Waals surface area contributed by atoms with Gasteiger partial charge in [-0.2, -0.15) is 0 Å². The minimum absolute atomic E-state index is 0.113. The molecule has 0 heterocycles. The first-order chi connectivity index (χ1) is 14.9. The molecule has 0 aromatic heterocycles. The summed E-state index contributed by atoms with van der Waals surface area (Å²) in [6.45, 7) is 4.58. The van der Waals surface area contributed by atoms with Crippen LogP contribution >= 0.6 is 0 Å². The van der Waals surface area contributed by atoms with Crippen LogP contribution in [0, 0.1) is 0 Å². The summed E-state index contributed by atoms with van der Waals surface area (Å²) in [7, 11) is 0. The van der Waals surface area contributed by atoms with E-state index in [1.165, 1.54) is 64.7 Å². The highest BCUT2D eigenvalue weighted by molar-refractivity contribution is 6.22. The average Bonchev–Trinajstić information content (AvgIpc) is 2.70. The fourth-order valence-corrected chi connectivity index (χ4v) is 3.68. The zero-order valence-corrected chi connectivity index (χ0v) is 19.4. The Balaban J connectivity index is 2.35. The van der Waals surface area contributed by atoms with Gasteiger partial charge in [0, 0.05) is 19.9 Å². The monoisotopic (exact) mass is 434 g/mol. The lowest BCUT2D eigenvalue weighted by Gasteiger charge is -2.17. The number of Topliss-reactive ketones (excluding diaryl/α,β-unsaturated/α-hetero) is 1. The van der Waals surface area contributed by atoms with E-state index < -0.39 is 23.5 Å². The van der Waals surface area contributed by atoms with Crippen LogP contribution in [0.2, 0.25) is 0 Å². The van der Waals surface area contributed by atoms with Crippen molar-refractivity contribution in [2.24, 2.45) is 0 Å². The van der Waals surface area contributed by atoms with Gasteiger partial charge in [0.1, 0.15) is 0 Å². The molecule has 6 heteroatoms. The lowest BCUT2D eigenvalue weighted by molar-refractivity contribution is -0.142. The summed E-state index contributed by atoms with van der Waals surface area (Å²) in [6.07, 6.45) is 16.8. The standard InChI is InChI=1S/C25H38O6/c1-4-5-6-7-8-9-10-11-12-13-14-15-16-17-21-24(29)23(30-19(2)26)18-22(28)25(21)31-20(3)27/h18H,4-17H2,1-3H3. The van der Waals surface area contributed by atoms with E-state index in [-0.39, 0.29) is 17.1 Å². The lowest BCUT2D eigenvalue weighted by Crippen LogP contribution is -2.24. The van der Waals surface area contributed by atoms with Gasteiger partial charge < -0.3 is 9.47 Å². The van der Waals surface area contributed by atoms with Gasteiger partial charge in [-0.05, 0) is 12.8 Å². The molecule has 1 rings (SSSR count). The third kappa shape index (κ3) is 11.1. The molecular weight excluding hydrogens is 396 g/mol. The number of allylic oxidation sites excluding steroid dienone is 2. The van der Waals surface area contributed by atoms with Crippen LogP contribution < -0.4 is 0 Å². The molecule has 31 heavy (non-hydrogen) atoms. The zero-order valence-electron chi connectivity index (χ0n) is 19.4. The summed E-state index contributed by atoms with van der Waals surface area (Å²) in [6, 6.07) is 0. The Kier molecular flexibility index (Phi) is 13.4. The zero-order chi connectivity index (χ0) is 23.1. The average molecular weight is 435 g/mol. The van der Waals surface area contributed by atoms with E-state index in [0.29, 0.717) is 12.8 Å². The number of ketones is 2. The van der Waals surface area contributed by atoms with Crippen molar-refractivity contribution < 1.29 is 28.7 Å². The third-order valence-electron chi connectivity index (χ3n) is 5.29. The Labute approximate surface area is 186 Å². The maximum absolute atomic E-state index is 12.6. The van der Waals surface area contributed by atoms with E-state index in [1.807, 2.05) is 0 Å². The van der Waals surface area contributed by atoms with Gasteiger partial charge in [0.05, 0.1) is 5.57 Å². The molecule has 0 aliphatic heterocycles. The van der Waals surface area contributed by atoms with Gasteiger partial charge in [-0.1, -0.05) is 84.0 Å². The Hall–Kier alpha value is -2.24. The van der Waals surface area contributed by atoms with Crippen LogP contribution in [0.25, 0.3) is 0 Å². The molecule has 0 bridgehead atoms. The number of rotatable bonds is 16. The van der Waals surface area contributed by atoms with Crippen molar-refractivity contribution in [3.63, 3.8) is 0 Å². The predicted molar refractivity (Wildman–Crippen MR) is 119 cm³/mol. The molecule has 0 N–H and O–H groups in total. The Morgan fingerprint density at radius 1 is 0.710 bits per heavy atom. The summed E-state index contributed by atoms with van der Waals surface area (Å²) in [5.74, 6) is -3.09. The number of carbonyl (C=O) groups is 4. The van der Waals surface area contributed by atoms with Crippen molar-refractivity contribution in [2.45, 2.75) is 111 Å². The van der Waals surface area contributed by atoms with Crippen molar-refractivity contribution in [2.75, 3.05) is 0 Å². The number of unbranched alkanes of at least 4 members (excludes halogenated alkanes) is 12. The fourth-order valence-electron chi connectivity index (χ4n) is 3.68. The Bertz CT molecular complexity index is 686. The minimum atomic E-state index is -0.677. The van der Waals surface area contributed by atoms with Crippen molar-refractivity contribution in [3.8, 4) is 0 Å². The van der Waals surface area contributed by atoms with E-state index in [2.05, 4.69) is 6.92 Å². The first kappa shape index (κ1) is 26.8. The highest BCUT2D eigenvalue weighted by atomic mass is 16.5. The van der Waals surface area contributed by atoms with Crippen LogP contribution in [-0.4, -0.2) is 23.5 Å². The smallest absolute Gasteiger partial charge is 0.308 e. The van der Waals surface area contributed by atoms with Gasteiger partial charge >= 0.3 is 11.9 Å². The summed E-state index contributed by atoms with van der Waals surface area (Å²) < 4.78 is 9.84. The number of hydrogen-bond donors (Lipinski definition) is 0. The summed E-state index contributed by atoms with van der Waals surface area (Å²) in [5.41, 5.74) is 0.113. The van der Waals surface area contributed by atoms with Crippen LogP contribution in [0.15, 0.2) is 23.2 Å². The summed E-state index contributed by atoms with van der Waals surface area (Å²) in [4.78, 5) is 47.4. The fraction of sp³-hybridized carbons (Fsp3) is 0.680. The van der Waals surface area contributed by atoms with Crippen LogP contribution in [0.4, 0.5) is 0 Å². The van der Waals surface area contributed by atoms with Gasteiger partial charge in [0.2, 0.25) is 11.6 Å². The van der Waals surface area contributed by atoms with Gasteiger partial charge in [0.25, 0.3) is 0 Å². The van der Waals surface area contributed by atoms with E-state index in [9.17, 15) is 19.2 Å². The molecule has 1 aliphatic carbocycles. The third-order valence-corrected chi connectivity index (χ3v) is 5.29. The van der Waals surface area contributed by atoms with E-state index >= 15 is 0 Å². The molecule has 0 aromatic rings. The molecule has 0 saturated carbocycles. The van der Waals surface area contributed by atoms with Crippen LogP contribution in [0.5, 0.6) is 0 Å². The second-order valence-electron chi connectivity index (χ2n) is 8.19. The topological polar surface area (TPSA) is 86.7 Å². The van der Waals surface area contributed by atoms with E-state index in [0.717, 1.165) is 32.3 Å². The molecule has 0 aromatic carbocycles. The largest absolute Gasteiger partial charge is 0.422 e. The maximum atomic E-state index is 12.6. The number of carbonyl (C=O) groups excluding carboxylic acids is 4. The first-order valence-electron chi connectivity index (χ1n) is 11.8. The molecular formula is C25H38O6. The second-order valence-corrected chi connectivity index (χ2v) is 8.19. The van der Waals surface area contributed by atoms with Gasteiger partial charge in [-0.3, -0.25) is 19.2 Å². The molecule has 0 unspecified atom stereocenters. The quantitative estimate of drug-likeness (QED) is 0.171. The molecule has 6 nitrogen and oxygen atoms in total. The van der Waals surface area contributed by atoms with Crippen molar-refractivity contribution in [3.05, 3.63) is 23.2 Å². The van der Waals surface area contributed by atoms with Crippen molar-refractivity contribution in [1.82, 2.24) is 0 Å². The SMILES string of the molecule is CCCCCCCCCCCCCCCC1=C(OC(C)=O)C(=O)C=C(OC(C)=O)C1=O. The van der Waals surface area contributed by atoms with E-state index in [4.69, 9.17) is 9.47 Å². The first-order valence-corrected chi connectivity index (χ1v) is 11.8. The van der Waals surface area contributed by atoms with Crippen LogP contribution in [0.1, 0.15) is 111 Å². The molecule has 0 saturated heterocycles. The molecule has 0 radical (unpaired) electrons. The van der Waals surface area contributed by atoms with Gasteiger partial charge in [0.15, 0.2) is 11.5 Å². The van der Waals surface area contributed by atoms with Crippen LogP contribution in [0.3, 0.4) is 0 Å². The lowest BCUT2D eigenvalue weighted by atomic mass is 9.94. The molecule has 174 valence electrons. The molecule has 0 amide bonds. The molecule has 0 fully saturated rings. The van der Waals surface area contributed by atoms with Crippen LogP contribution in [-0.2, 0) is 28.7 Å². The maximum Gasteiger partial charge on any atom is 0.308 e. The van der Waals surface area contributed by atoms with Gasteiger partial charge in [-0.25, -0.2) is 0 Å². The summed E-state index contributed by atoms with van der Waals surface area (Å²) in [5, 5.41) is 0. The van der Waals surface area contributed by atoms with Crippen molar-refractivity contribution >= 4 is 23.5 Å². The van der Waals surface area contributed by atoms with Crippen molar-refractivity contribution in [1.29, 1.82) is 0 Å². The highest BCUT2D eigenvalue weighted by Gasteiger charge is 2.32. The Morgan fingerprint density at radius 3 is 1.61 bits per heavy atom. The summed E-state index contributed by atoms with van der Waals surface area (Å²) >= 11 is 0. The Morgan fingerprint density at radius 2 is 1.16 bits per heavy atom. The number of hydrogen-bond acceptors (Lipinski definition) is 6.